The molecule has 0 spiro atoms. The van der Waals surface area contributed by atoms with Crippen LogP contribution in [0.25, 0.3) is 0 Å². The van der Waals surface area contributed by atoms with Crippen LogP contribution in [0.5, 0.6) is 0 Å². The van der Waals surface area contributed by atoms with Gasteiger partial charge in [-0.15, -0.1) is 0 Å². The topological polar surface area (TPSA) is 111 Å². The van der Waals surface area contributed by atoms with E-state index in [1.54, 1.807) is 25.1 Å². The second kappa shape index (κ2) is 10.0. The molecule has 0 atom stereocenters. The lowest BCUT2D eigenvalue weighted by molar-refractivity contribution is -0.385. The van der Waals surface area contributed by atoms with E-state index in [9.17, 15) is 19.7 Å². The quantitative estimate of drug-likeness (QED) is 0.408. The maximum absolute atomic E-state index is 12.7. The second-order valence-electron chi connectivity index (χ2n) is 7.18. The number of hydrogen-bond donors (Lipinski definition) is 1. The number of morpholine rings is 1. The first kappa shape index (κ1) is 22.2. The minimum atomic E-state index is -0.491. The predicted octanol–water partition coefficient (Wildman–Crippen LogP) is 3.56. The summed E-state index contributed by atoms with van der Waals surface area (Å²) < 4.78 is 10.7. The van der Waals surface area contributed by atoms with Crippen molar-refractivity contribution in [3.8, 4) is 0 Å². The Balaban J connectivity index is 1.85. The van der Waals surface area contributed by atoms with Gasteiger partial charge >= 0.3 is 5.97 Å². The molecular weight excluding hydrogens is 402 g/mol. The van der Waals surface area contributed by atoms with Gasteiger partial charge in [-0.1, -0.05) is 6.92 Å². The minimum Gasteiger partial charge on any atom is -0.462 e. The lowest BCUT2D eigenvalue weighted by Crippen LogP contribution is -2.37. The molecule has 0 aromatic heterocycles. The summed E-state index contributed by atoms with van der Waals surface area (Å²) >= 11 is 0. The molecule has 1 aliphatic rings. The third-order valence-electron chi connectivity index (χ3n) is 4.92. The molecule has 1 heterocycles. The normalized spacial score (nSPS) is 13.5. The van der Waals surface area contributed by atoms with Crippen LogP contribution in [0.1, 0.15) is 39.6 Å². The van der Waals surface area contributed by atoms with Crippen molar-refractivity contribution in [2.75, 3.05) is 43.1 Å². The molecule has 3 rings (SSSR count). The highest BCUT2D eigenvalue weighted by Gasteiger charge is 2.21. The van der Waals surface area contributed by atoms with Crippen LogP contribution in [0.15, 0.2) is 36.4 Å². The van der Waals surface area contributed by atoms with Gasteiger partial charge in [0.15, 0.2) is 0 Å². The van der Waals surface area contributed by atoms with Crippen molar-refractivity contribution in [2.24, 2.45) is 0 Å². The number of nitro benzene ring substituents is 1. The fraction of sp³-hybridized carbons (Fsp3) is 0.364. The molecule has 1 fully saturated rings. The largest absolute Gasteiger partial charge is 0.462 e. The van der Waals surface area contributed by atoms with E-state index in [1.807, 2.05) is 6.92 Å². The van der Waals surface area contributed by atoms with Gasteiger partial charge in [-0.05, 0) is 43.7 Å². The molecule has 0 radical (unpaired) electrons. The van der Waals surface area contributed by atoms with Gasteiger partial charge in [-0.2, -0.15) is 0 Å². The van der Waals surface area contributed by atoms with Crippen LogP contribution in [0, 0.1) is 17.0 Å². The highest BCUT2D eigenvalue weighted by Crippen LogP contribution is 2.27. The third kappa shape index (κ3) is 5.37. The van der Waals surface area contributed by atoms with Crippen molar-refractivity contribution in [3.05, 3.63) is 63.2 Å². The minimum absolute atomic E-state index is 0.0487. The average molecular weight is 427 g/mol. The van der Waals surface area contributed by atoms with Crippen LogP contribution in [0.2, 0.25) is 0 Å². The summed E-state index contributed by atoms with van der Waals surface area (Å²) in [5, 5.41) is 13.7. The molecule has 31 heavy (non-hydrogen) atoms. The Morgan fingerprint density at radius 1 is 1.19 bits per heavy atom. The molecule has 1 aliphatic heterocycles. The van der Waals surface area contributed by atoms with E-state index in [0.29, 0.717) is 56.1 Å². The fourth-order valence-corrected chi connectivity index (χ4v) is 3.33. The Morgan fingerprint density at radius 2 is 1.94 bits per heavy atom. The summed E-state index contributed by atoms with van der Waals surface area (Å²) in [7, 11) is 0. The third-order valence-corrected chi connectivity index (χ3v) is 4.92. The first-order chi connectivity index (χ1) is 14.9. The zero-order chi connectivity index (χ0) is 22.4. The van der Waals surface area contributed by atoms with Gasteiger partial charge in [-0.25, -0.2) is 4.79 Å². The van der Waals surface area contributed by atoms with Gasteiger partial charge in [0.25, 0.3) is 11.6 Å². The highest BCUT2D eigenvalue weighted by molar-refractivity contribution is 6.06. The smallest absolute Gasteiger partial charge is 0.340 e. The molecule has 2 aromatic rings. The van der Waals surface area contributed by atoms with E-state index in [2.05, 4.69) is 10.2 Å². The van der Waals surface area contributed by atoms with E-state index in [0.717, 1.165) is 5.69 Å². The maximum Gasteiger partial charge on any atom is 0.340 e. The van der Waals surface area contributed by atoms with Crippen molar-refractivity contribution < 1.29 is 24.0 Å². The van der Waals surface area contributed by atoms with Crippen molar-refractivity contribution in [2.45, 2.75) is 20.3 Å². The van der Waals surface area contributed by atoms with Crippen LogP contribution < -0.4 is 10.2 Å². The molecular formula is C22H25N3O6. The Hall–Kier alpha value is -3.46. The number of nitro groups is 1. The number of benzene rings is 2. The van der Waals surface area contributed by atoms with Crippen LogP contribution in [0.3, 0.4) is 0 Å². The van der Waals surface area contributed by atoms with Crippen LogP contribution in [-0.4, -0.2) is 49.7 Å². The Labute approximate surface area is 180 Å². The van der Waals surface area contributed by atoms with Gasteiger partial charge < -0.3 is 19.7 Å². The average Bonchev–Trinajstić information content (AvgIpc) is 2.77. The number of anilines is 2. The Bertz CT molecular complexity index is 985. The van der Waals surface area contributed by atoms with E-state index in [1.165, 1.54) is 18.2 Å². The Kier molecular flexibility index (Phi) is 7.19. The maximum atomic E-state index is 12.7. The first-order valence-electron chi connectivity index (χ1n) is 10.1. The SMILES string of the molecule is CCCOC(=O)c1cc(NC(=O)c2ccc([N+](=O)[O-])c(C)c2)ccc1N1CCOCC1. The van der Waals surface area contributed by atoms with Crippen molar-refractivity contribution in [3.63, 3.8) is 0 Å². The molecule has 0 aliphatic carbocycles. The second-order valence-corrected chi connectivity index (χ2v) is 7.18. The number of carbonyl (C=O) groups is 2. The van der Waals surface area contributed by atoms with Gasteiger partial charge in [0.1, 0.15) is 0 Å². The molecule has 2 aromatic carbocycles. The number of esters is 1. The molecule has 9 nitrogen and oxygen atoms in total. The van der Waals surface area contributed by atoms with Crippen LogP contribution in [-0.2, 0) is 9.47 Å². The highest BCUT2D eigenvalue weighted by atomic mass is 16.6. The van der Waals surface area contributed by atoms with Crippen LogP contribution >= 0.6 is 0 Å². The molecule has 1 amide bonds. The summed E-state index contributed by atoms with van der Waals surface area (Å²) in [4.78, 5) is 37.9. The molecule has 1 N–H and O–H groups in total. The molecule has 1 saturated heterocycles. The van der Waals surface area contributed by atoms with E-state index >= 15 is 0 Å². The lowest BCUT2D eigenvalue weighted by atomic mass is 10.1. The summed E-state index contributed by atoms with van der Waals surface area (Å²) in [6, 6.07) is 9.27. The molecule has 0 saturated carbocycles. The number of nitrogens with one attached hydrogen (secondary N) is 1. The number of ether oxygens (including phenoxy) is 2. The number of hydrogen-bond acceptors (Lipinski definition) is 7. The summed E-state index contributed by atoms with van der Waals surface area (Å²) in [6.45, 7) is 6.25. The van der Waals surface area contributed by atoms with E-state index < -0.39 is 16.8 Å². The lowest BCUT2D eigenvalue weighted by Gasteiger charge is -2.30. The molecule has 0 bridgehead atoms. The zero-order valence-electron chi connectivity index (χ0n) is 17.6. The standard InChI is InChI=1S/C22H25N3O6/c1-3-10-31-22(27)18-14-17(5-7-20(18)24-8-11-30-12-9-24)23-21(26)16-4-6-19(25(28)29)15(2)13-16/h4-7,13-14H,3,8-12H2,1-2H3,(H,23,26). The monoisotopic (exact) mass is 427 g/mol. The number of aryl methyl sites for hydroxylation is 1. The molecule has 164 valence electrons. The first-order valence-corrected chi connectivity index (χ1v) is 10.1. The van der Waals surface area contributed by atoms with Crippen molar-refractivity contribution in [1.29, 1.82) is 0 Å². The van der Waals surface area contributed by atoms with Gasteiger partial charge in [0.2, 0.25) is 0 Å². The number of amides is 1. The molecule has 0 unspecified atom stereocenters. The fourth-order valence-electron chi connectivity index (χ4n) is 3.33. The summed E-state index contributed by atoms with van der Waals surface area (Å²) in [5.41, 5.74) is 2.16. The van der Waals surface area contributed by atoms with Gasteiger partial charge in [0.05, 0.1) is 36.0 Å². The van der Waals surface area contributed by atoms with Crippen molar-refractivity contribution >= 4 is 28.9 Å². The van der Waals surface area contributed by atoms with Crippen LogP contribution in [0.4, 0.5) is 17.1 Å². The Morgan fingerprint density at radius 3 is 2.58 bits per heavy atom. The van der Waals surface area contributed by atoms with Gasteiger partial charge in [-0.3, -0.25) is 14.9 Å². The van der Waals surface area contributed by atoms with Gasteiger partial charge in [0, 0.05) is 36.0 Å². The number of nitrogens with zero attached hydrogens (tertiary/aromatic N) is 2. The van der Waals surface area contributed by atoms with Crippen molar-refractivity contribution in [1.82, 2.24) is 0 Å². The van der Waals surface area contributed by atoms with E-state index in [4.69, 9.17) is 9.47 Å². The number of carbonyl (C=O) groups excluding carboxylic acids is 2. The molecule has 9 heteroatoms. The zero-order valence-corrected chi connectivity index (χ0v) is 17.6. The summed E-state index contributed by atoms with van der Waals surface area (Å²) in [6.07, 6.45) is 0.703. The summed E-state index contributed by atoms with van der Waals surface area (Å²) in [5.74, 6) is -0.879. The number of rotatable bonds is 7. The predicted molar refractivity (Wildman–Crippen MR) is 116 cm³/mol. The van der Waals surface area contributed by atoms with E-state index in [-0.39, 0.29) is 11.3 Å².